The van der Waals surface area contributed by atoms with Crippen LogP contribution in [0.5, 0.6) is 0 Å². The lowest BCUT2D eigenvalue weighted by molar-refractivity contribution is -0.135. The summed E-state index contributed by atoms with van der Waals surface area (Å²) < 4.78 is 0. The van der Waals surface area contributed by atoms with Crippen LogP contribution in [0.3, 0.4) is 0 Å². The normalized spacial score (nSPS) is 14.2. The average Bonchev–Trinajstić information content (AvgIpc) is 2.78. The Bertz CT molecular complexity index is 689. The highest BCUT2D eigenvalue weighted by Gasteiger charge is 2.36. The van der Waals surface area contributed by atoms with Crippen molar-refractivity contribution in [2.45, 2.75) is 38.0 Å². The van der Waals surface area contributed by atoms with Crippen LogP contribution in [-0.2, 0) is 23.1 Å². The number of carbonyl (C=O) groups is 1. The Morgan fingerprint density at radius 1 is 1.12 bits per heavy atom. The minimum Gasteiger partial charge on any atom is -0.480 e. The number of aryl methyl sites for hydroxylation is 2. The Balaban J connectivity index is 0.000000399. The van der Waals surface area contributed by atoms with E-state index in [2.05, 4.69) is 73.8 Å². The molecule has 1 aliphatic carbocycles. The van der Waals surface area contributed by atoms with Gasteiger partial charge >= 0.3 is 5.97 Å². The van der Waals surface area contributed by atoms with Gasteiger partial charge in [0, 0.05) is 5.41 Å². The third-order valence-corrected chi connectivity index (χ3v) is 5.00. The predicted molar refractivity (Wildman–Crippen MR) is 103 cm³/mol. The molecule has 0 amide bonds. The van der Waals surface area contributed by atoms with Gasteiger partial charge in [-0.15, -0.1) is 6.58 Å². The van der Waals surface area contributed by atoms with Crippen LogP contribution in [0.1, 0.15) is 42.0 Å². The average molecular weight is 337 g/mol. The summed E-state index contributed by atoms with van der Waals surface area (Å²) in [6.07, 6.45) is 6.51. The van der Waals surface area contributed by atoms with E-state index in [1.165, 1.54) is 22.3 Å². The van der Waals surface area contributed by atoms with Crippen molar-refractivity contribution in [2.75, 3.05) is 6.54 Å². The van der Waals surface area contributed by atoms with E-state index in [-0.39, 0.29) is 12.0 Å². The third kappa shape index (κ3) is 3.99. The molecule has 2 aromatic rings. The molecule has 0 heterocycles. The number of allylic oxidation sites excluding steroid dienone is 1. The number of carboxylic acid groups (broad SMARTS) is 1. The zero-order valence-electron chi connectivity index (χ0n) is 14.9. The van der Waals surface area contributed by atoms with Gasteiger partial charge in [-0.25, -0.2) is 0 Å². The number of benzene rings is 2. The fraction of sp³-hybridized carbons (Fsp3) is 0.318. The quantitative estimate of drug-likeness (QED) is 0.826. The zero-order chi connectivity index (χ0) is 18.3. The van der Waals surface area contributed by atoms with Crippen molar-refractivity contribution in [3.8, 4) is 0 Å². The van der Waals surface area contributed by atoms with Gasteiger partial charge in [0.15, 0.2) is 0 Å². The molecule has 3 N–H and O–H groups in total. The molecule has 0 aromatic heterocycles. The number of hydrogen-bond acceptors (Lipinski definition) is 2. The number of carboxylic acids is 1. The lowest BCUT2D eigenvalue weighted by Gasteiger charge is -2.35. The van der Waals surface area contributed by atoms with Gasteiger partial charge in [-0.3, -0.25) is 4.79 Å². The first-order valence-corrected chi connectivity index (χ1v) is 8.78. The van der Waals surface area contributed by atoms with Crippen LogP contribution in [0.4, 0.5) is 0 Å². The second-order valence-electron chi connectivity index (χ2n) is 6.34. The smallest absolute Gasteiger partial charge is 0.317 e. The number of nitrogens with two attached hydrogens (primary N) is 1. The molecule has 1 aliphatic rings. The molecule has 3 rings (SSSR count). The van der Waals surface area contributed by atoms with Crippen molar-refractivity contribution in [1.29, 1.82) is 0 Å². The molecule has 0 spiro atoms. The number of aliphatic carboxylic acids is 1. The summed E-state index contributed by atoms with van der Waals surface area (Å²) in [6.45, 7) is 6.05. The van der Waals surface area contributed by atoms with Gasteiger partial charge in [0.25, 0.3) is 0 Å². The van der Waals surface area contributed by atoms with Gasteiger partial charge in [-0.2, -0.15) is 0 Å². The summed E-state index contributed by atoms with van der Waals surface area (Å²) in [5, 5.41) is 7.60. The van der Waals surface area contributed by atoms with Gasteiger partial charge in [-0.05, 0) is 47.9 Å². The summed E-state index contributed by atoms with van der Waals surface area (Å²) in [4.78, 5) is 9.24. The largest absolute Gasteiger partial charge is 0.480 e. The fourth-order valence-corrected chi connectivity index (χ4v) is 3.82. The standard InChI is InChI=1S/C20H22.C2H5NO2/c1-3-15-20(4-2)18-11-7-5-9-16(18)13-14-17-10-6-8-12-19(17)20;3-1-2(4)5/h3,5-12H,1,4,13-15H2,2H3;1,3H2,(H,4,5). The van der Waals surface area contributed by atoms with E-state index in [9.17, 15) is 4.79 Å². The van der Waals surface area contributed by atoms with Crippen molar-refractivity contribution in [3.05, 3.63) is 83.4 Å². The van der Waals surface area contributed by atoms with E-state index in [1.54, 1.807) is 0 Å². The molecule has 0 fully saturated rings. The highest BCUT2D eigenvalue weighted by atomic mass is 16.4. The van der Waals surface area contributed by atoms with Crippen molar-refractivity contribution >= 4 is 5.97 Å². The van der Waals surface area contributed by atoms with E-state index in [0.717, 1.165) is 25.7 Å². The minimum absolute atomic E-state index is 0.103. The molecular weight excluding hydrogens is 310 g/mol. The van der Waals surface area contributed by atoms with Gasteiger partial charge in [-0.1, -0.05) is 61.5 Å². The number of hydrogen-bond donors (Lipinski definition) is 2. The lowest BCUT2D eigenvalue weighted by atomic mass is 9.68. The van der Waals surface area contributed by atoms with Crippen molar-refractivity contribution in [1.82, 2.24) is 0 Å². The molecule has 0 atom stereocenters. The molecule has 0 radical (unpaired) electrons. The Labute approximate surface area is 150 Å². The monoisotopic (exact) mass is 337 g/mol. The first-order chi connectivity index (χ1) is 12.1. The zero-order valence-corrected chi connectivity index (χ0v) is 14.9. The van der Waals surface area contributed by atoms with E-state index in [4.69, 9.17) is 5.11 Å². The van der Waals surface area contributed by atoms with Crippen LogP contribution in [0.2, 0.25) is 0 Å². The van der Waals surface area contributed by atoms with Crippen LogP contribution in [-0.4, -0.2) is 17.6 Å². The highest BCUT2D eigenvalue weighted by Crippen LogP contribution is 2.44. The van der Waals surface area contributed by atoms with Gasteiger partial charge < -0.3 is 10.8 Å². The van der Waals surface area contributed by atoms with Crippen molar-refractivity contribution in [2.24, 2.45) is 5.73 Å². The molecule has 0 bridgehead atoms. The molecule has 0 saturated carbocycles. The van der Waals surface area contributed by atoms with Gasteiger partial charge in [0.05, 0.1) is 6.54 Å². The Morgan fingerprint density at radius 3 is 1.92 bits per heavy atom. The molecule has 0 saturated heterocycles. The molecule has 25 heavy (non-hydrogen) atoms. The summed E-state index contributed by atoms with van der Waals surface area (Å²) in [7, 11) is 0. The maximum Gasteiger partial charge on any atom is 0.317 e. The highest BCUT2D eigenvalue weighted by molar-refractivity contribution is 5.68. The summed E-state index contributed by atoms with van der Waals surface area (Å²) >= 11 is 0. The van der Waals surface area contributed by atoms with E-state index >= 15 is 0 Å². The maximum absolute atomic E-state index is 9.24. The maximum atomic E-state index is 9.24. The predicted octanol–water partition coefficient (Wildman–Crippen LogP) is 4.09. The summed E-state index contributed by atoms with van der Waals surface area (Å²) in [5.74, 6) is -0.968. The van der Waals surface area contributed by atoms with E-state index < -0.39 is 5.97 Å². The Kier molecular flexibility index (Phi) is 6.54. The minimum atomic E-state index is -0.968. The first kappa shape index (κ1) is 18.9. The second-order valence-corrected chi connectivity index (χ2v) is 6.34. The molecule has 2 aromatic carbocycles. The Hall–Kier alpha value is -2.39. The fourth-order valence-electron chi connectivity index (χ4n) is 3.82. The van der Waals surface area contributed by atoms with Crippen molar-refractivity contribution < 1.29 is 9.90 Å². The third-order valence-electron chi connectivity index (χ3n) is 5.00. The molecule has 3 nitrogen and oxygen atoms in total. The van der Waals surface area contributed by atoms with E-state index in [1.807, 2.05) is 0 Å². The molecule has 132 valence electrons. The van der Waals surface area contributed by atoms with Crippen LogP contribution < -0.4 is 5.73 Å². The van der Waals surface area contributed by atoms with Crippen molar-refractivity contribution in [3.63, 3.8) is 0 Å². The summed E-state index contributed by atoms with van der Waals surface area (Å²) in [6, 6.07) is 17.9. The number of fused-ring (bicyclic) bond motifs is 2. The number of rotatable bonds is 4. The van der Waals surface area contributed by atoms with Gasteiger partial charge in [0.1, 0.15) is 0 Å². The molecule has 0 unspecified atom stereocenters. The molecule has 0 aliphatic heterocycles. The molecule has 3 heteroatoms. The second kappa shape index (κ2) is 8.63. The topological polar surface area (TPSA) is 63.3 Å². The lowest BCUT2D eigenvalue weighted by Crippen LogP contribution is -2.27. The summed E-state index contributed by atoms with van der Waals surface area (Å²) in [5.41, 5.74) is 10.7. The van der Waals surface area contributed by atoms with Gasteiger partial charge in [0.2, 0.25) is 0 Å². The SMILES string of the molecule is C=CCC1(CC)c2ccccc2CCc2ccccc21.NCC(=O)O. The van der Waals surface area contributed by atoms with Crippen LogP contribution >= 0.6 is 0 Å². The van der Waals surface area contributed by atoms with Crippen LogP contribution in [0.25, 0.3) is 0 Å². The first-order valence-electron chi connectivity index (χ1n) is 8.78. The molecular formula is C22H27NO2. The van der Waals surface area contributed by atoms with Crippen LogP contribution in [0, 0.1) is 0 Å². The Morgan fingerprint density at radius 2 is 1.56 bits per heavy atom. The van der Waals surface area contributed by atoms with Crippen LogP contribution in [0.15, 0.2) is 61.2 Å². The van der Waals surface area contributed by atoms with E-state index in [0.29, 0.717) is 0 Å².